The number of amides is 3. The van der Waals surface area contributed by atoms with E-state index < -0.39 is 0 Å². The molecule has 2 heterocycles. The van der Waals surface area contributed by atoms with Crippen LogP contribution in [0.5, 0.6) is 0 Å². The van der Waals surface area contributed by atoms with Gasteiger partial charge in [0, 0.05) is 44.5 Å². The maximum Gasteiger partial charge on any atom is 0.317 e. The Bertz CT molecular complexity index is 750. The van der Waals surface area contributed by atoms with Gasteiger partial charge in [0.15, 0.2) is 0 Å². The van der Waals surface area contributed by atoms with Crippen LogP contribution in [-0.4, -0.2) is 52.8 Å². The summed E-state index contributed by atoms with van der Waals surface area (Å²) in [5.74, 6) is 0.157. The molecule has 3 amide bonds. The van der Waals surface area contributed by atoms with Crippen molar-refractivity contribution in [3.05, 3.63) is 48.3 Å². The number of nitrogens with one attached hydrogen (secondary N) is 2. The first-order chi connectivity index (χ1) is 13.7. The molecule has 2 N–H and O–H groups in total. The van der Waals surface area contributed by atoms with Crippen LogP contribution in [0.2, 0.25) is 0 Å². The van der Waals surface area contributed by atoms with Gasteiger partial charge < -0.3 is 15.5 Å². The molecular formula is C21H29N5O2. The van der Waals surface area contributed by atoms with Crippen LogP contribution in [0.15, 0.2) is 42.7 Å². The van der Waals surface area contributed by atoms with Crippen LogP contribution in [-0.2, 0) is 11.2 Å². The van der Waals surface area contributed by atoms with Gasteiger partial charge in [0.25, 0.3) is 0 Å². The fourth-order valence-electron chi connectivity index (χ4n) is 3.40. The molecule has 1 aromatic carbocycles. The minimum atomic E-state index is -0.0411. The Morgan fingerprint density at radius 2 is 1.86 bits per heavy atom. The molecule has 0 atom stereocenters. The largest absolute Gasteiger partial charge is 0.356 e. The number of urea groups is 1. The molecule has 1 aliphatic heterocycles. The van der Waals surface area contributed by atoms with Crippen molar-refractivity contribution in [2.45, 2.75) is 32.6 Å². The molecule has 2 aromatic rings. The van der Waals surface area contributed by atoms with Crippen molar-refractivity contribution in [2.24, 2.45) is 5.92 Å². The molecule has 1 aromatic heterocycles. The van der Waals surface area contributed by atoms with Gasteiger partial charge in [-0.3, -0.25) is 4.79 Å². The van der Waals surface area contributed by atoms with Gasteiger partial charge in [0.05, 0.1) is 5.69 Å². The Morgan fingerprint density at radius 3 is 2.50 bits per heavy atom. The predicted molar refractivity (Wildman–Crippen MR) is 108 cm³/mol. The third-order valence-corrected chi connectivity index (χ3v) is 5.10. The number of rotatable bonds is 7. The third-order valence-electron chi connectivity index (χ3n) is 5.10. The highest BCUT2D eigenvalue weighted by Gasteiger charge is 2.26. The van der Waals surface area contributed by atoms with Crippen molar-refractivity contribution < 1.29 is 9.59 Å². The highest BCUT2D eigenvalue weighted by molar-refractivity contribution is 5.79. The van der Waals surface area contributed by atoms with E-state index in [2.05, 4.69) is 27.9 Å². The number of hydrogen-bond donors (Lipinski definition) is 2. The first-order valence-corrected chi connectivity index (χ1v) is 10.1. The monoisotopic (exact) mass is 383 g/mol. The zero-order valence-corrected chi connectivity index (χ0v) is 16.4. The minimum Gasteiger partial charge on any atom is -0.356 e. The second kappa shape index (κ2) is 9.92. The highest BCUT2D eigenvalue weighted by atomic mass is 16.2. The molecule has 1 fully saturated rings. The molecule has 0 bridgehead atoms. The molecule has 150 valence electrons. The summed E-state index contributed by atoms with van der Waals surface area (Å²) in [5.41, 5.74) is 2.19. The van der Waals surface area contributed by atoms with Crippen LogP contribution < -0.4 is 10.6 Å². The Kier molecular flexibility index (Phi) is 7.06. The summed E-state index contributed by atoms with van der Waals surface area (Å²) in [6, 6.07) is 10.0. The average molecular weight is 383 g/mol. The summed E-state index contributed by atoms with van der Waals surface area (Å²) in [7, 11) is 0. The quantitative estimate of drug-likeness (QED) is 0.770. The maximum absolute atomic E-state index is 12.3. The summed E-state index contributed by atoms with van der Waals surface area (Å²) in [5, 5.41) is 10.2. The van der Waals surface area contributed by atoms with Crippen molar-refractivity contribution in [3.8, 4) is 5.69 Å². The zero-order chi connectivity index (χ0) is 19.8. The maximum atomic E-state index is 12.3. The molecule has 28 heavy (non-hydrogen) atoms. The molecule has 0 spiro atoms. The van der Waals surface area contributed by atoms with E-state index in [-0.39, 0.29) is 17.9 Å². The van der Waals surface area contributed by atoms with Gasteiger partial charge in [-0.1, -0.05) is 19.1 Å². The Hall–Kier alpha value is -2.83. The van der Waals surface area contributed by atoms with E-state index in [4.69, 9.17) is 0 Å². The number of hydrogen-bond acceptors (Lipinski definition) is 3. The van der Waals surface area contributed by atoms with Gasteiger partial charge in [-0.25, -0.2) is 9.48 Å². The summed E-state index contributed by atoms with van der Waals surface area (Å²) < 4.78 is 1.82. The lowest BCUT2D eigenvalue weighted by Gasteiger charge is -2.31. The topological polar surface area (TPSA) is 79.3 Å². The van der Waals surface area contributed by atoms with Crippen LogP contribution in [0.3, 0.4) is 0 Å². The van der Waals surface area contributed by atoms with Gasteiger partial charge in [-0.05, 0) is 49.4 Å². The standard InChI is InChI=1S/C21H29N5O2/c1-2-11-22-20(27)18-9-15-25(16-10-18)21(28)23-13-8-17-4-6-19(7-5-17)26-14-3-12-24-26/h3-7,12,14,18H,2,8-11,13,15-16H2,1H3,(H,22,27)(H,23,28). The first kappa shape index (κ1) is 19.9. The summed E-state index contributed by atoms with van der Waals surface area (Å²) in [6.07, 6.45) is 6.85. The van der Waals surface area contributed by atoms with Crippen LogP contribution in [0.1, 0.15) is 31.7 Å². The van der Waals surface area contributed by atoms with E-state index in [0.717, 1.165) is 37.9 Å². The van der Waals surface area contributed by atoms with Crippen LogP contribution >= 0.6 is 0 Å². The van der Waals surface area contributed by atoms with Crippen LogP contribution in [0.25, 0.3) is 5.69 Å². The Labute approximate surface area is 166 Å². The Morgan fingerprint density at radius 1 is 1.11 bits per heavy atom. The van der Waals surface area contributed by atoms with E-state index in [9.17, 15) is 9.59 Å². The van der Waals surface area contributed by atoms with Crippen molar-refractivity contribution in [3.63, 3.8) is 0 Å². The number of benzene rings is 1. The average Bonchev–Trinajstić information content (AvgIpc) is 3.27. The fraction of sp³-hybridized carbons (Fsp3) is 0.476. The SMILES string of the molecule is CCCNC(=O)C1CCN(C(=O)NCCc2ccc(-n3cccn3)cc2)CC1. The smallest absolute Gasteiger partial charge is 0.317 e. The molecule has 0 aliphatic carbocycles. The molecular weight excluding hydrogens is 354 g/mol. The third kappa shape index (κ3) is 5.34. The van der Waals surface area contributed by atoms with Crippen LogP contribution in [0, 0.1) is 5.92 Å². The summed E-state index contributed by atoms with van der Waals surface area (Å²) in [4.78, 5) is 26.2. The number of likely N-dealkylation sites (tertiary alicyclic amines) is 1. The number of piperidine rings is 1. The fourth-order valence-corrected chi connectivity index (χ4v) is 3.40. The highest BCUT2D eigenvalue weighted by Crippen LogP contribution is 2.17. The van der Waals surface area contributed by atoms with Crippen molar-refractivity contribution in [1.82, 2.24) is 25.3 Å². The van der Waals surface area contributed by atoms with Crippen molar-refractivity contribution >= 4 is 11.9 Å². The van der Waals surface area contributed by atoms with Crippen molar-refractivity contribution in [1.29, 1.82) is 0 Å². The number of nitrogens with zero attached hydrogens (tertiary/aromatic N) is 3. The van der Waals surface area contributed by atoms with Gasteiger partial charge in [-0.2, -0.15) is 5.10 Å². The van der Waals surface area contributed by atoms with Gasteiger partial charge >= 0.3 is 6.03 Å². The van der Waals surface area contributed by atoms with Crippen molar-refractivity contribution in [2.75, 3.05) is 26.2 Å². The lowest BCUT2D eigenvalue weighted by Crippen LogP contribution is -2.47. The number of aromatic nitrogens is 2. The van der Waals surface area contributed by atoms with Gasteiger partial charge in [0.2, 0.25) is 5.91 Å². The molecule has 7 nitrogen and oxygen atoms in total. The summed E-state index contributed by atoms with van der Waals surface area (Å²) in [6.45, 7) is 4.63. The lowest BCUT2D eigenvalue weighted by atomic mass is 9.96. The molecule has 1 saturated heterocycles. The normalized spacial score (nSPS) is 14.7. The zero-order valence-electron chi connectivity index (χ0n) is 16.4. The number of carbonyl (C=O) groups is 2. The summed E-state index contributed by atoms with van der Waals surface area (Å²) >= 11 is 0. The number of carbonyl (C=O) groups excluding carboxylic acids is 2. The molecule has 7 heteroatoms. The molecule has 3 rings (SSSR count). The van der Waals surface area contributed by atoms with E-state index in [1.54, 1.807) is 6.20 Å². The van der Waals surface area contributed by atoms with Gasteiger partial charge in [0.1, 0.15) is 0 Å². The molecule has 0 saturated carbocycles. The Balaban J connectivity index is 1.37. The second-order valence-corrected chi connectivity index (χ2v) is 7.15. The van der Waals surface area contributed by atoms with E-state index >= 15 is 0 Å². The second-order valence-electron chi connectivity index (χ2n) is 7.15. The lowest BCUT2D eigenvalue weighted by molar-refractivity contribution is -0.126. The van der Waals surface area contributed by atoms with Crippen LogP contribution in [0.4, 0.5) is 4.79 Å². The first-order valence-electron chi connectivity index (χ1n) is 10.1. The van der Waals surface area contributed by atoms with E-state index in [1.807, 2.05) is 40.9 Å². The molecule has 0 unspecified atom stereocenters. The van der Waals surface area contributed by atoms with E-state index in [1.165, 1.54) is 5.56 Å². The van der Waals surface area contributed by atoms with E-state index in [0.29, 0.717) is 19.6 Å². The molecule has 1 aliphatic rings. The van der Waals surface area contributed by atoms with Gasteiger partial charge in [-0.15, -0.1) is 0 Å². The molecule has 0 radical (unpaired) electrons. The predicted octanol–water partition coefficient (Wildman–Crippen LogP) is 2.36. The minimum absolute atomic E-state index is 0.0314.